The van der Waals surface area contributed by atoms with Crippen LogP contribution in [0.5, 0.6) is 0 Å². The Morgan fingerprint density at radius 2 is 1.89 bits per heavy atom. The minimum absolute atomic E-state index is 0.0570. The van der Waals surface area contributed by atoms with Gasteiger partial charge in [0.05, 0.1) is 4.90 Å². The Hall–Kier alpha value is 0.0800. The molecule has 19 heavy (non-hydrogen) atoms. The quantitative estimate of drug-likeness (QED) is 0.683. The number of carbonyl (C=O) groups excluding carboxylic acids is 1. The molecule has 1 N–H and O–H groups in total. The second kappa shape index (κ2) is 5.46. The summed E-state index contributed by atoms with van der Waals surface area (Å²) in [5, 5.41) is 2.82. The first-order chi connectivity index (χ1) is 8.72. The first kappa shape index (κ1) is 15.5. The second-order valence-electron chi connectivity index (χ2n) is 4.22. The fourth-order valence-corrected chi connectivity index (χ4v) is 3.92. The maximum atomic E-state index is 12.2. The Morgan fingerprint density at radius 3 is 2.42 bits per heavy atom. The molecule has 1 aliphatic rings. The van der Waals surface area contributed by atoms with E-state index in [1.807, 2.05) is 0 Å². The van der Waals surface area contributed by atoms with Crippen LogP contribution in [0.25, 0.3) is 0 Å². The number of hydrogen-bond acceptors (Lipinski definition) is 3. The van der Waals surface area contributed by atoms with Gasteiger partial charge in [0.25, 0.3) is 5.91 Å². The van der Waals surface area contributed by atoms with E-state index in [1.54, 1.807) is 12.1 Å². The summed E-state index contributed by atoms with van der Waals surface area (Å²) in [7, 11) is -3.68. The molecule has 0 aliphatic heterocycles. The molecule has 2 rings (SSSR count). The molecule has 0 spiro atoms. The van der Waals surface area contributed by atoms with Crippen LogP contribution < -0.4 is 5.32 Å². The van der Waals surface area contributed by atoms with Gasteiger partial charge in [-0.2, -0.15) is 0 Å². The summed E-state index contributed by atoms with van der Waals surface area (Å²) in [5.41, 5.74) is 0.338. The fourth-order valence-electron chi connectivity index (χ4n) is 1.43. The molecule has 1 amide bonds. The Labute approximate surface area is 136 Å². The summed E-state index contributed by atoms with van der Waals surface area (Å²) >= 11 is 8.98. The lowest BCUT2D eigenvalue weighted by atomic mass is 10.2. The molecule has 0 saturated heterocycles. The molecule has 0 unspecified atom stereocenters. The maximum absolute atomic E-state index is 12.2. The van der Waals surface area contributed by atoms with Gasteiger partial charge in [0.1, 0.15) is 0 Å². The molecule has 1 fully saturated rings. The van der Waals surface area contributed by atoms with Gasteiger partial charge in [-0.05, 0) is 78.8 Å². The van der Waals surface area contributed by atoms with E-state index in [4.69, 9.17) is 0 Å². The Bertz CT molecular complexity index is 606. The van der Waals surface area contributed by atoms with Crippen LogP contribution in [-0.4, -0.2) is 21.8 Å². The van der Waals surface area contributed by atoms with E-state index in [0.717, 1.165) is 12.8 Å². The third-order valence-electron chi connectivity index (χ3n) is 2.62. The number of sulfone groups is 1. The summed E-state index contributed by atoms with van der Waals surface area (Å²) in [6.07, 6.45) is 1.97. The Kier molecular flexibility index (Phi) is 4.45. The van der Waals surface area contributed by atoms with Crippen molar-refractivity contribution in [1.29, 1.82) is 0 Å². The fraction of sp³-hybridized carbons (Fsp3) is 0.364. The smallest absolute Gasteiger partial charge is 0.251 e. The van der Waals surface area contributed by atoms with E-state index in [9.17, 15) is 13.2 Å². The van der Waals surface area contributed by atoms with Gasteiger partial charge in [0.15, 0.2) is 0 Å². The van der Waals surface area contributed by atoms with Crippen molar-refractivity contribution in [1.82, 2.24) is 5.32 Å². The number of nitrogens with one attached hydrogen (secondary N) is 1. The van der Waals surface area contributed by atoms with Gasteiger partial charge >= 0.3 is 0 Å². The normalized spacial score (nSPS) is 16.2. The van der Waals surface area contributed by atoms with Crippen LogP contribution in [-0.2, 0) is 9.84 Å². The average Bonchev–Trinajstić information content (AvgIpc) is 3.11. The summed E-state index contributed by atoms with van der Waals surface area (Å²) in [4.78, 5) is 11.9. The average molecular weight is 476 g/mol. The van der Waals surface area contributed by atoms with Gasteiger partial charge < -0.3 is 5.32 Å². The third kappa shape index (κ3) is 3.59. The van der Waals surface area contributed by atoms with Crippen LogP contribution in [0.4, 0.5) is 0 Å². The number of amides is 1. The van der Waals surface area contributed by atoms with Gasteiger partial charge in [-0.3, -0.25) is 4.79 Å². The zero-order valence-corrected chi connectivity index (χ0v) is 15.1. The van der Waals surface area contributed by atoms with Crippen molar-refractivity contribution in [3.05, 3.63) is 29.8 Å². The number of halogens is 3. The molecule has 8 heteroatoms. The molecule has 0 bridgehead atoms. The predicted octanol–water partition coefficient (Wildman–Crippen LogP) is 3.15. The highest BCUT2D eigenvalue weighted by Gasteiger charge is 2.37. The monoisotopic (exact) mass is 473 g/mol. The molecule has 1 saturated carbocycles. The standard InChI is InChI=1S/C11H10Br3NO3S/c12-11(13,14)19(17,18)9-3-1-2-7(6-9)10(16)15-8-4-5-8/h1-3,6,8H,4-5H2,(H,15,16). The lowest BCUT2D eigenvalue weighted by molar-refractivity contribution is 0.0951. The second-order valence-corrected chi connectivity index (χ2v) is 14.7. The van der Waals surface area contributed by atoms with Gasteiger partial charge in [0.2, 0.25) is 11.3 Å². The van der Waals surface area contributed by atoms with E-state index in [-0.39, 0.29) is 16.8 Å². The van der Waals surface area contributed by atoms with Crippen LogP contribution in [0.15, 0.2) is 29.2 Å². The molecular weight excluding hydrogens is 466 g/mol. The summed E-state index contributed by atoms with van der Waals surface area (Å²) in [6.45, 7) is 0. The molecule has 1 aromatic rings. The molecule has 0 aromatic heterocycles. The van der Waals surface area contributed by atoms with Crippen molar-refractivity contribution in [2.45, 2.75) is 25.3 Å². The number of alkyl halides is 3. The van der Waals surface area contributed by atoms with E-state index in [2.05, 4.69) is 53.1 Å². The highest BCUT2D eigenvalue weighted by Crippen LogP contribution is 2.43. The van der Waals surface area contributed by atoms with Gasteiger partial charge in [0, 0.05) is 11.6 Å². The van der Waals surface area contributed by atoms with Gasteiger partial charge in [-0.15, -0.1) is 0 Å². The van der Waals surface area contributed by atoms with Crippen LogP contribution >= 0.6 is 47.8 Å². The molecule has 104 valence electrons. The number of rotatable bonds is 3. The largest absolute Gasteiger partial charge is 0.349 e. The number of benzene rings is 1. The number of hydrogen-bond donors (Lipinski definition) is 1. The van der Waals surface area contributed by atoms with Crippen molar-refractivity contribution in [2.24, 2.45) is 0 Å². The van der Waals surface area contributed by atoms with Crippen molar-refractivity contribution < 1.29 is 13.2 Å². The lowest BCUT2D eigenvalue weighted by Gasteiger charge is -2.14. The van der Waals surface area contributed by atoms with E-state index < -0.39 is 11.3 Å². The maximum Gasteiger partial charge on any atom is 0.251 e. The number of carbonyl (C=O) groups is 1. The van der Waals surface area contributed by atoms with Crippen molar-refractivity contribution in [2.75, 3.05) is 0 Å². The molecule has 1 aliphatic carbocycles. The first-order valence-corrected chi connectivity index (χ1v) is 9.30. The van der Waals surface area contributed by atoms with Crippen molar-refractivity contribution >= 4 is 63.5 Å². The van der Waals surface area contributed by atoms with Crippen LogP contribution in [0.1, 0.15) is 23.2 Å². The highest BCUT2D eigenvalue weighted by atomic mass is 80.0. The minimum Gasteiger partial charge on any atom is -0.349 e. The molecule has 4 nitrogen and oxygen atoms in total. The Morgan fingerprint density at radius 1 is 1.26 bits per heavy atom. The third-order valence-corrected chi connectivity index (χ3v) is 7.94. The van der Waals surface area contributed by atoms with E-state index in [1.165, 1.54) is 12.1 Å². The molecule has 1 aromatic carbocycles. The summed E-state index contributed by atoms with van der Waals surface area (Å²) in [5.74, 6) is -0.246. The van der Waals surface area contributed by atoms with Crippen LogP contribution in [0.3, 0.4) is 0 Å². The lowest BCUT2D eigenvalue weighted by Crippen LogP contribution is -2.26. The summed E-state index contributed by atoms with van der Waals surface area (Å²) in [6, 6.07) is 6.19. The zero-order chi connectivity index (χ0) is 14.3. The minimum atomic E-state index is -3.68. The highest BCUT2D eigenvalue weighted by molar-refractivity contribution is 9.42. The molecular formula is C11H10Br3NO3S. The summed E-state index contributed by atoms with van der Waals surface area (Å²) < 4.78 is 22.9. The Balaban J connectivity index is 2.31. The molecule has 0 radical (unpaired) electrons. The topological polar surface area (TPSA) is 63.2 Å². The first-order valence-electron chi connectivity index (χ1n) is 5.44. The molecule has 0 atom stereocenters. The van der Waals surface area contributed by atoms with Crippen LogP contribution in [0, 0.1) is 0 Å². The van der Waals surface area contributed by atoms with Crippen LogP contribution in [0.2, 0.25) is 0 Å². The predicted molar refractivity (Wildman–Crippen MR) is 83.6 cm³/mol. The van der Waals surface area contributed by atoms with Gasteiger partial charge in [-0.1, -0.05) is 6.07 Å². The zero-order valence-electron chi connectivity index (χ0n) is 9.57. The van der Waals surface area contributed by atoms with E-state index in [0.29, 0.717) is 5.56 Å². The van der Waals surface area contributed by atoms with E-state index >= 15 is 0 Å². The van der Waals surface area contributed by atoms with Crippen molar-refractivity contribution in [3.8, 4) is 0 Å². The SMILES string of the molecule is O=C(NC1CC1)c1cccc(S(=O)(=O)C(Br)(Br)Br)c1. The van der Waals surface area contributed by atoms with Gasteiger partial charge in [-0.25, -0.2) is 8.42 Å². The molecule has 0 heterocycles. The van der Waals surface area contributed by atoms with Crippen molar-refractivity contribution in [3.63, 3.8) is 0 Å².